The van der Waals surface area contributed by atoms with Crippen molar-refractivity contribution in [3.63, 3.8) is 0 Å². The molecule has 0 bridgehead atoms. The van der Waals surface area contributed by atoms with Gasteiger partial charge in [0.25, 0.3) is 0 Å². The zero-order chi connectivity index (χ0) is 14.7. The quantitative estimate of drug-likeness (QED) is 0.655. The van der Waals surface area contributed by atoms with E-state index < -0.39 is 0 Å². The average molecular weight is 264 g/mol. The van der Waals surface area contributed by atoms with Gasteiger partial charge in [-0.05, 0) is 73.9 Å². The molecular weight excluding hydrogens is 240 g/mol. The second kappa shape index (κ2) is 6.09. The van der Waals surface area contributed by atoms with Crippen LogP contribution in [0.4, 0.5) is 0 Å². The number of benzene rings is 2. The molecule has 0 aliphatic rings. The van der Waals surface area contributed by atoms with Crippen LogP contribution < -0.4 is 0 Å². The molecule has 0 heterocycles. The lowest BCUT2D eigenvalue weighted by atomic mass is 9.92. The third-order valence-electron chi connectivity index (χ3n) is 4.01. The molecule has 0 aliphatic heterocycles. The van der Waals surface area contributed by atoms with Crippen molar-refractivity contribution < 1.29 is 0 Å². The van der Waals surface area contributed by atoms with E-state index in [0.29, 0.717) is 0 Å². The molecule has 0 radical (unpaired) electrons. The largest absolute Gasteiger partial charge is 0.0998 e. The highest BCUT2D eigenvalue weighted by molar-refractivity contribution is 5.42. The van der Waals surface area contributed by atoms with E-state index in [0.717, 1.165) is 12.8 Å². The molecule has 20 heavy (non-hydrogen) atoms. The van der Waals surface area contributed by atoms with Crippen molar-refractivity contribution in [3.05, 3.63) is 81.9 Å². The molecule has 0 saturated carbocycles. The summed E-state index contributed by atoms with van der Waals surface area (Å²) in [4.78, 5) is 0. The summed E-state index contributed by atoms with van der Waals surface area (Å²) < 4.78 is 0. The molecule has 0 heteroatoms. The molecule has 104 valence electrons. The molecule has 2 aromatic carbocycles. The van der Waals surface area contributed by atoms with Crippen LogP contribution in [-0.4, -0.2) is 0 Å². The van der Waals surface area contributed by atoms with Crippen molar-refractivity contribution in [1.29, 1.82) is 0 Å². The molecular formula is C20H24. The van der Waals surface area contributed by atoms with Crippen LogP contribution in [0, 0.1) is 20.8 Å². The SMILES string of the molecule is C=C(C)Cc1ccc(Cc2c(C)ccc(C)c2C)cc1. The van der Waals surface area contributed by atoms with Crippen molar-refractivity contribution in [2.75, 3.05) is 0 Å². The first-order valence-electron chi connectivity index (χ1n) is 7.25. The Morgan fingerprint density at radius 3 is 2.00 bits per heavy atom. The highest BCUT2D eigenvalue weighted by Crippen LogP contribution is 2.21. The van der Waals surface area contributed by atoms with E-state index in [2.05, 4.69) is 70.7 Å². The number of hydrogen-bond donors (Lipinski definition) is 0. The van der Waals surface area contributed by atoms with Gasteiger partial charge in [0.05, 0.1) is 0 Å². The Labute approximate surface area is 123 Å². The Morgan fingerprint density at radius 2 is 1.40 bits per heavy atom. The summed E-state index contributed by atoms with van der Waals surface area (Å²) in [6.07, 6.45) is 2.00. The molecule has 0 aliphatic carbocycles. The van der Waals surface area contributed by atoms with E-state index in [1.165, 1.54) is 39.0 Å². The van der Waals surface area contributed by atoms with Crippen LogP contribution in [0.15, 0.2) is 48.6 Å². The third kappa shape index (κ3) is 3.39. The van der Waals surface area contributed by atoms with Crippen LogP contribution >= 0.6 is 0 Å². The lowest BCUT2D eigenvalue weighted by Crippen LogP contribution is -1.98. The molecule has 2 rings (SSSR count). The van der Waals surface area contributed by atoms with Crippen molar-refractivity contribution >= 4 is 0 Å². The highest BCUT2D eigenvalue weighted by Gasteiger charge is 2.06. The van der Waals surface area contributed by atoms with E-state index >= 15 is 0 Å². The van der Waals surface area contributed by atoms with Gasteiger partial charge in [-0.15, -0.1) is 0 Å². The van der Waals surface area contributed by atoms with Crippen LogP contribution in [0.2, 0.25) is 0 Å². The Bertz CT molecular complexity index is 615. The maximum Gasteiger partial charge on any atom is -0.00204 e. The normalized spacial score (nSPS) is 10.6. The molecule has 0 unspecified atom stereocenters. The lowest BCUT2D eigenvalue weighted by molar-refractivity contribution is 1.09. The molecule has 0 N–H and O–H groups in total. The molecule has 0 fully saturated rings. The summed E-state index contributed by atoms with van der Waals surface area (Å²) >= 11 is 0. The van der Waals surface area contributed by atoms with Crippen LogP contribution in [0.3, 0.4) is 0 Å². The van der Waals surface area contributed by atoms with Crippen LogP contribution in [0.1, 0.15) is 40.3 Å². The van der Waals surface area contributed by atoms with Crippen LogP contribution in [0.25, 0.3) is 0 Å². The third-order valence-corrected chi connectivity index (χ3v) is 4.01. The summed E-state index contributed by atoms with van der Waals surface area (Å²) in [5.74, 6) is 0. The fourth-order valence-electron chi connectivity index (χ4n) is 2.61. The van der Waals surface area contributed by atoms with Gasteiger partial charge in [0.15, 0.2) is 0 Å². The Morgan fingerprint density at radius 1 is 0.850 bits per heavy atom. The number of rotatable bonds is 4. The smallest absolute Gasteiger partial charge is 0.00204 e. The maximum atomic E-state index is 3.97. The molecule has 0 amide bonds. The predicted molar refractivity (Wildman–Crippen MR) is 88.4 cm³/mol. The second-order valence-electron chi connectivity index (χ2n) is 5.93. The summed E-state index contributed by atoms with van der Waals surface area (Å²) in [5, 5.41) is 0. The van der Waals surface area contributed by atoms with Crippen LogP contribution in [0.5, 0.6) is 0 Å². The van der Waals surface area contributed by atoms with E-state index in [4.69, 9.17) is 0 Å². The van der Waals surface area contributed by atoms with Crippen molar-refractivity contribution in [2.45, 2.75) is 40.5 Å². The van der Waals surface area contributed by atoms with Crippen molar-refractivity contribution in [2.24, 2.45) is 0 Å². The molecule has 2 aromatic rings. The van der Waals surface area contributed by atoms with Gasteiger partial charge in [-0.25, -0.2) is 0 Å². The summed E-state index contributed by atoms with van der Waals surface area (Å²) in [6.45, 7) is 12.7. The Balaban J connectivity index is 2.22. The monoisotopic (exact) mass is 264 g/mol. The standard InChI is InChI=1S/C20H24/c1-14(2)12-18-8-10-19(11-9-18)13-20-16(4)7-6-15(3)17(20)5/h6-11H,1,12-13H2,2-5H3. The van der Waals surface area contributed by atoms with E-state index in [-0.39, 0.29) is 0 Å². The first kappa shape index (κ1) is 14.6. The predicted octanol–water partition coefficient (Wildman–Crippen LogP) is 5.32. The fourth-order valence-corrected chi connectivity index (χ4v) is 2.61. The van der Waals surface area contributed by atoms with E-state index in [9.17, 15) is 0 Å². The van der Waals surface area contributed by atoms with Gasteiger partial charge >= 0.3 is 0 Å². The van der Waals surface area contributed by atoms with Gasteiger partial charge in [0, 0.05) is 0 Å². The van der Waals surface area contributed by atoms with Crippen molar-refractivity contribution in [3.8, 4) is 0 Å². The molecule has 0 spiro atoms. The van der Waals surface area contributed by atoms with Gasteiger partial charge in [0.2, 0.25) is 0 Å². The van der Waals surface area contributed by atoms with E-state index in [1.807, 2.05) is 0 Å². The number of allylic oxidation sites excluding steroid dienone is 1. The van der Waals surface area contributed by atoms with Gasteiger partial charge in [0.1, 0.15) is 0 Å². The van der Waals surface area contributed by atoms with Gasteiger partial charge in [-0.2, -0.15) is 0 Å². The van der Waals surface area contributed by atoms with Gasteiger partial charge < -0.3 is 0 Å². The van der Waals surface area contributed by atoms with Crippen LogP contribution in [-0.2, 0) is 12.8 Å². The number of hydrogen-bond acceptors (Lipinski definition) is 0. The maximum absolute atomic E-state index is 3.97. The lowest BCUT2D eigenvalue weighted by Gasteiger charge is -2.13. The minimum absolute atomic E-state index is 0.975. The summed E-state index contributed by atoms with van der Waals surface area (Å²) in [5.41, 5.74) is 9.60. The van der Waals surface area contributed by atoms with Crippen molar-refractivity contribution in [1.82, 2.24) is 0 Å². The van der Waals surface area contributed by atoms with E-state index in [1.54, 1.807) is 0 Å². The Kier molecular flexibility index (Phi) is 4.44. The first-order chi connectivity index (χ1) is 9.47. The summed E-state index contributed by atoms with van der Waals surface area (Å²) in [7, 11) is 0. The van der Waals surface area contributed by atoms with Gasteiger partial charge in [-0.3, -0.25) is 0 Å². The molecule has 0 atom stereocenters. The second-order valence-corrected chi connectivity index (χ2v) is 5.93. The van der Waals surface area contributed by atoms with Gasteiger partial charge in [-0.1, -0.05) is 48.6 Å². The minimum atomic E-state index is 0.975. The Hall–Kier alpha value is -1.82. The molecule has 0 nitrogen and oxygen atoms in total. The fraction of sp³-hybridized carbons (Fsp3) is 0.300. The highest BCUT2D eigenvalue weighted by atomic mass is 14.1. The zero-order valence-electron chi connectivity index (χ0n) is 13.1. The average Bonchev–Trinajstić information content (AvgIpc) is 2.40. The number of aryl methyl sites for hydroxylation is 2. The molecule has 0 saturated heterocycles. The summed E-state index contributed by atoms with van der Waals surface area (Å²) in [6, 6.07) is 13.4. The topological polar surface area (TPSA) is 0 Å². The minimum Gasteiger partial charge on any atom is -0.0998 e. The zero-order valence-corrected chi connectivity index (χ0v) is 13.1. The first-order valence-corrected chi connectivity index (χ1v) is 7.25. The molecule has 0 aromatic heterocycles.